The van der Waals surface area contributed by atoms with E-state index in [-0.39, 0.29) is 5.84 Å². The first kappa shape index (κ1) is 7.96. The van der Waals surface area contributed by atoms with Crippen LogP contribution in [-0.4, -0.2) is 16.0 Å². The van der Waals surface area contributed by atoms with Crippen LogP contribution in [0.15, 0.2) is 10.5 Å². The lowest BCUT2D eigenvalue weighted by Gasteiger charge is -1.88. The highest BCUT2D eigenvalue weighted by molar-refractivity contribution is 7.09. The van der Waals surface area contributed by atoms with Crippen molar-refractivity contribution in [1.82, 2.24) is 4.98 Å². The molecule has 0 aliphatic rings. The van der Waals surface area contributed by atoms with Gasteiger partial charge in [-0.2, -0.15) is 0 Å². The Balaban J connectivity index is 2.89. The first-order chi connectivity index (χ1) is 5.27. The lowest BCUT2D eigenvalue weighted by molar-refractivity contribution is 0.318. The Morgan fingerprint density at radius 2 is 2.55 bits per heavy atom. The van der Waals surface area contributed by atoms with Crippen LogP contribution in [0.5, 0.6) is 0 Å². The molecule has 6 heteroatoms. The van der Waals surface area contributed by atoms with Gasteiger partial charge in [0.1, 0.15) is 10.7 Å². The maximum Gasteiger partial charge on any atom is 0.189 e. The largest absolute Gasteiger partial charge is 0.409 e. The van der Waals surface area contributed by atoms with Crippen molar-refractivity contribution in [2.45, 2.75) is 6.54 Å². The summed E-state index contributed by atoms with van der Waals surface area (Å²) in [6, 6.07) is 0. The fourth-order valence-electron chi connectivity index (χ4n) is 0.574. The molecule has 0 aliphatic heterocycles. The number of nitrogens with two attached hydrogens (primary N) is 2. The molecule has 11 heavy (non-hydrogen) atoms. The summed E-state index contributed by atoms with van der Waals surface area (Å²) in [5, 5.41) is 13.5. The average Bonchev–Trinajstić information content (AvgIpc) is 2.50. The molecule has 0 amide bonds. The zero-order valence-corrected chi connectivity index (χ0v) is 6.51. The number of thiazole rings is 1. The van der Waals surface area contributed by atoms with Crippen LogP contribution in [0.25, 0.3) is 0 Å². The summed E-state index contributed by atoms with van der Waals surface area (Å²) >= 11 is 1.39. The minimum absolute atomic E-state index is 0.0148. The Hall–Kier alpha value is -1.14. The van der Waals surface area contributed by atoms with Crippen molar-refractivity contribution in [2.75, 3.05) is 0 Å². The van der Waals surface area contributed by atoms with Crippen LogP contribution in [0.4, 0.5) is 0 Å². The molecule has 0 radical (unpaired) electrons. The standard InChI is InChI=1S/C5H8N4OS/c6-1-4-8-3(2-11-4)5(7)9-10/h2,10H,1,6H2,(H2,7,9). The van der Waals surface area contributed by atoms with Crippen molar-refractivity contribution in [2.24, 2.45) is 16.6 Å². The van der Waals surface area contributed by atoms with E-state index in [0.29, 0.717) is 12.2 Å². The van der Waals surface area contributed by atoms with Crippen molar-refractivity contribution >= 4 is 17.2 Å². The number of aromatic nitrogens is 1. The quantitative estimate of drug-likeness (QED) is 0.247. The van der Waals surface area contributed by atoms with Crippen LogP contribution < -0.4 is 11.5 Å². The van der Waals surface area contributed by atoms with Crippen molar-refractivity contribution in [3.8, 4) is 0 Å². The molecule has 5 nitrogen and oxygen atoms in total. The van der Waals surface area contributed by atoms with E-state index in [9.17, 15) is 0 Å². The number of amidine groups is 1. The number of hydrogen-bond donors (Lipinski definition) is 3. The van der Waals surface area contributed by atoms with Crippen LogP contribution in [0.3, 0.4) is 0 Å². The van der Waals surface area contributed by atoms with Crippen molar-refractivity contribution in [3.05, 3.63) is 16.1 Å². The summed E-state index contributed by atoms with van der Waals surface area (Å²) in [6.07, 6.45) is 0. The third-order valence-corrected chi connectivity index (χ3v) is 1.97. The number of rotatable bonds is 2. The molecular weight excluding hydrogens is 164 g/mol. The molecule has 0 aliphatic carbocycles. The molecular formula is C5H8N4OS. The summed E-state index contributed by atoms with van der Waals surface area (Å²) in [6.45, 7) is 0.378. The molecule has 0 saturated carbocycles. The molecule has 1 heterocycles. The van der Waals surface area contributed by atoms with Crippen molar-refractivity contribution < 1.29 is 5.21 Å². The van der Waals surface area contributed by atoms with Crippen LogP contribution in [0.2, 0.25) is 0 Å². The minimum Gasteiger partial charge on any atom is -0.409 e. The van der Waals surface area contributed by atoms with Gasteiger partial charge in [0.15, 0.2) is 5.84 Å². The highest BCUT2D eigenvalue weighted by Crippen LogP contribution is 2.07. The monoisotopic (exact) mass is 172 g/mol. The number of nitrogens with zero attached hydrogens (tertiary/aromatic N) is 2. The maximum absolute atomic E-state index is 8.27. The highest BCUT2D eigenvalue weighted by Gasteiger charge is 2.03. The Morgan fingerprint density at radius 1 is 1.82 bits per heavy atom. The van der Waals surface area contributed by atoms with E-state index in [1.165, 1.54) is 11.3 Å². The summed E-state index contributed by atoms with van der Waals surface area (Å²) in [4.78, 5) is 3.98. The van der Waals surface area contributed by atoms with Gasteiger partial charge in [-0.15, -0.1) is 11.3 Å². The SMILES string of the molecule is NCc1nc(C(N)=NO)cs1. The normalized spacial score (nSPS) is 11.9. The fourth-order valence-corrected chi connectivity index (χ4v) is 1.24. The molecule has 1 aromatic heterocycles. The van der Waals surface area contributed by atoms with E-state index in [0.717, 1.165) is 5.01 Å². The van der Waals surface area contributed by atoms with Gasteiger partial charge in [0, 0.05) is 11.9 Å². The molecule has 0 atom stereocenters. The summed E-state index contributed by atoms with van der Waals surface area (Å²) in [7, 11) is 0. The lowest BCUT2D eigenvalue weighted by Crippen LogP contribution is -2.13. The van der Waals surface area contributed by atoms with Gasteiger partial charge in [-0.05, 0) is 0 Å². The van der Waals surface area contributed by atoms with Gasteiger partial charge in [0.25, 0.3) is 0 Å². The molecule has 1 aromatic rings. The van der Waals surface area contributed by atoms with Gasteiger partial charge < -0.3 is 16.7 Å². The van der Waals surface area contributed by atoms with Crippen molar-refractivity contribution in [1.29, 1.82) is 0 Å². The Kier molecular flexibility index (Phi) is 2.40. The fraction of sp³-hybridized carbons (Fsp3) is 0.200. The van der Waals surface area contributed by atoms with Crippen LogP contribution in [-0.2, 0) is 6.54 Å². The van der Waals surface area contributed by atoms with Crippen LogP contribution in [0.1, 0.15) is 10.7 Å². The van der Waals surface area contributed by atoms with E-state index >= 15 is 0 Å². The summed E-state index contributed by atoms with van der Waals surface area (Å²) in [5.74, 6) is 0.0148. The Labute approximate surface area is 67.3 Å². The van der Waals surface area contributed by atoms with E-state index in [1.54, 1.807) is 5.38 Å². The van der Waals surface area contributed by atoms with Gasteiger partial charge in [-0.3, -0.25) is 0 Å². The summed E-state index contributed by atoms with van der Waals surface area (Å²) < 4.78 is 0. The molecule has 60 valence electrons. The second-order valence-corrected chi connectivity index (χ2v) is 2.76. The Morgan fingerprint density at radius 3 is 3.00 bits per heavy atom. The van der Waals surface area contributed by atoms with E-state index in [4.69, 9.17) is 16.7 Å². The van der Waals surface area contributed by atoms with E-state index < -0.39 is 0 Å². The molecule has 0 fully saturated rings. The maximum atomic E-state index is 8.27. The smallest absolute Gasteiger partial charge is 0.189 e. The number of hydrogen-bond acceptors (Lipinski definition) is 5. The minimum atomic E-state index is 0.0148. The second-order valence-electron chi connectivity index (χ2n) is 1.82. The third kappa shape index (κ3) is 1.66. The molecule has 0 unspecified atom stereocenters. The second kappa shape index (κ2) is 3.31. The van der Waals surface area contributed by atoms with E-state index in [1.807, 2.05) is 0 Å². The first-order valence-corrected chi connectivity index (χ1v) is 3.78. The van der Waals surface area contributed by atoms with Crippen LogP contribution >= 0.6 is 11.3 Å². The van der Waals surface area contributed by atoms with Crippen molar-refractivity contribution in [3.63, 3.8) is 0 Å². The molecule has 1 rings (SSSR count). The topological polar surface area (TPSA) is 97.5 Å². The van der Waals surface area contributed by atoms with Gasteiger partial charge in [-0.1, -0.05) is 5.16 Å². The van der Waals surface area contributed by atoms with Gasteiger partial charge >= 0.3 is 0 Å². The third-order valence-electron chi connectivity index (χ3n) is 1.10. The van der Waals surface area contributed by atoms with Crippen LogP contribution in [0, 0.1) is 0 Å². The van der Waals surface area contributed by atoms with Gasteiger partial charge in [0.2, 0.25) is 0 Å². The van der Waals surface area contributed by atoms with Gasteiger partial charge in [-0.25, -0.2) is 4.98 Å². The average molecular weight is 172 g/mol. The van der Waals surface area contributed by atoms with E-state index in [2.05, 4.69) is 10.1 Å². The predicted molar refractivity (Wildman–Crippen MR) is 42.5 cm³/mol. The van der Waals surface area contributed by atoms with Gasteiger partial charge in [0.05, 0.1) is 0 Å². The zero-order valence-electron chi connectivity index (χ0n) is 5.69. The predicted octanol–water partition coefficient (Wildman–Crippen LogP) is -0.304. The zero-order chi connectivity index (χ0) is 8.27. The first-order valence-electron chi connectivity index (χ1n) is 2.90. The molecule has 0 aromatic carbocycles. The number of oxime groups is 1. The molecule has 5 N–H and O–H groups in total. The lowest BCUT2D eigenvalue weighted by atomic mass is 10.5. The highest BCUT2D eigenvalue weighted by atomic mass is 32.1. The Bertz CT molecular complexity index is 269. The summed E-state index contributed by atoms with van der Waals surface area (Å²) in [5.41, 5.74) is 11.0. The molecule has 0 saturated heterocycles. The molecule has 0 spiro atoms. The molecule has 0 bridgehead atoms.